The highest BCUT2D eigenvalue weighted by atomic mass is 35.5. The molecule has 23 heavy (non-hydrogen) atoms. The van der Waals surface area contributed by atoms with Gasteiger partial charge < -0.3 is 4.90 Å². The number of benzene rings is 2. The minimum atomic E-state index is -0.473. The standard InChI is InChI=1S/C17H14Cl2N2O2/c1-20(9-11-6-7-13(18)14(19)8-11)10-21-15-5-3-2-4-12(15)16(22)17(21)23/h2-8H,9-10H2,1H3/p+1. The van der Waals surface area contributed by atoms with E-state index >= 15 is 0 Å². The molecular formula is C17H15Cl2N2O2+. The van der Waals surface area contributed by atoms with Gasteiger partial charge in [0.05, 0.1) is 28.3 Å². The first-order valence-corrected chi connectivity index (χ1v) is 7.93. The first-order chi connectivity index (χ1) is 11.0. The van der Waals surface area contributed by atoms with E-state index < -0.39 is 11.7 Å². The fraction of sp³-hybridized carbons (Fsp3) is 0.176. The summed E-state index contributed by atoms with van der Waals surface area (Å²) in [5.74, 6) is -0.914. The van der Waals surface area contributed by atoms with Gasteiger partial charge in [-0.25, -0.2) is 0 Å². The Labute approximate surface area is 144 Å². The number of ketones is 1. The van der Waals surface area contributed by atoms with Crippen LogP contribution in [0, 0.1) is 0 Å². The fourth-order valence-electron chi connectivity index (χ4n) is 2.73. The molecule has 0 bridgehead atoms. The molecule has 1 aliphatic rings. The van der Waals surface area contributed by atoms with Crippen molar-refractivity contribution in [3.05, 3.63) is 63.6 Å². The van der Waals surface area contributed by atoms with Gasteiger partial charge in [0, 0.05) is 5.56 Å². The lowest BCUT2D eigenvalue weighted by molar-refractivity contribution is -0.892. The van der Waals surface area contributed by atoms with Gasteiger partial charge in [-0.05, 0) is 24.3 Å². The van der Waals surface area contributed by atoms with Gasteiger partial charge >= 0.3 is 5.91 Å². The second-order valence-corrected chi connectivity index (χ2v) is 6.43. The average Bonchev–Trinajstić information content (AvgIpc) is 2.76. The van der Waals surface area contributed by atoms with E-state index in [9.17, 15) is 9.59 Å². The van der Waals surface area contributed by atoms with Crippen molar-refractivity contribution in [3.63, 3.8) is 0 Å². The number of amides is 1. The van der Waals surface area contributed by atoms with E-state index in [1.165, 1.54) is 4.90 Å². The van der Waals surface area contributed by atoms with Gasteiger partial charge in [0.15, 0.2) is 6.67 Å². The summed E-state index contributed by atoms with van der Waals surface area (Å²) >= 11 is 11.9. The minimum Gasteiger partial charge on any atom is -0.316 e. The summed E-state index contributed by atoms with van der Waals surface area (Å²) in [5.41, 5.74) is 2.17. The maximum absolute atomic E-state index is 12.2. The van der Waals surface area contributed by atoms with Gasteiger partial charge in [-0.2, -0.15) is 0 Å². The summed E-state index contributed by atoms with van der Waals surface area (Å²) in [6.07, 6.45) is 0. The van der Waals surface area contributed by atoms with Crippen molar-refractivity contribution >= 4 is 40.6 Å². The van der Waals surface area contributed by atoms with Gasteiger partial charge in [0.2, 0.25) is 0 Å². The lowest BCUT2D eigenvalue weighted by Crippen LogP contribution is -3.09. The number of nitrogens with zero attached hydrogens (tertiary/aromatic N) is 1. The van der Waals surface area contributed by atoms with E-state index in [0.717, 1.165) is 10.5 Å². The Bertz CT molecular complexity index is 792. The second-order valence-electron chi connectivity index (χ2n) is 5.62. The summed E-state index contributed by atoms with van der Waals surface area (Å²) in [7, 11) is 1.96. The van der Waals surface area contributed by atoms with Crippen molar-refractivity contribution in [1.29, 1.82) is 0 Å². The highest BCUT2D eigenvalue weighted by molar-refractivity contribution is 6.52. The number of nitrogens with one attached hydrogen (secondary N) is 1. The SMILES string of the molecule is C[NH+](Cc1ccc(Cl)c(Cl)c1)CN1C(=O)C(=O)c2ccccc21. The molecule has 1 heterocycles. The number of hydrogen-bond acceptors (Lipinski definition) is 2. The zero-order valence-electron chi connectivity index (χ0n) is 12.5. The second kappa shape index (κ2) is 6.32. The molecule has 0 radical (unpaired) electrons. The Morgan fingerprint density at radius 3 is 2.52 bits per heavy atom. The van der Waals surface area contributed by atoms with Crippen LogP contribution in [0.15, 0.2) is 42.5 Å². The van der Waals surface area contributed by atoms with Crippen LogP contribution in [0.2, 0.25) is 10.0 Å². The van der Waals surface area contributed by atoms with Gasteiger partial charge in [-0.1, -0.05) is 41.4 Å². The summed E-state index contributed by atoms with van der Waals surface area (Å²) < 4.78 is 0. The van der Waals surface area contributed by atoms with Crippen LogP contribution in [0.25, 0.3) is 0 Å². The zero-order chi connectivity index (χ0) is 16.6. The number of quaternary nitrogens is 1. The monoisotopic (exact) mass is 349 g/mol. The molecule has 0 saturated heterocycles. The third-order valence-electron chi connectivity index (χ3n) is 3.80. The molecule has 6 heteroatoms. The van der Waals surface area contributed by atoms with E-state index in [1.807, 2.05) is 25.2 Å². The van der Waals surface area contributed by atoms with Crippen molar-refractivity contribution in [1.82, 2.24) is 0 Å². The molecule has 118 valence electrons. The highest BCUT2D eigenvalue weighted by Gasteiger charge is 2.36. The number of anilines is 1. The molecule has 0 aliphatic carbocycles. The maximum Gasteiger partial charge on any atom is 0.303 e. The smallest absolute Gasteiger partial charge is 0.303 e. The third kappa shape index (κ3) is 3.11. The fourth-order valence-corrected chi connectivity index (χ4v) is 3.05. The zero-order valence-corrected chi connectivity index (χ0v) is 14.0. The Hall–Kier alpha value is -1.88. The number of carbonyl (C=O) groups is 2. The van der Waals surface area contributed by atoms with Gasteiger partial charge in [0.1, 0.15) is 6.54 Å². The molecular weight excluding hydrogens is 335 g/mol. The number of Topliss-reactive ketones (excluding diaryl/α,β-unsaturated/α-hetero) is 1. The number of halogens is 2. The van der Waals surface area contributed by atoms with Gasteiger partial charge in [-0.3, -0.25) is 14.5 Å². The topological polar surface area (TPSA) is 41.8 Å². The predicted octanol–water partition coefficient (Wildman–Crippen LogP) is 2.20. The van der Waals surface area contributed by atoms with Crippen molar-refractivity contribution in [2.45, 2.75) is 6.54 Å². The summed E-state index contributed by atoms with van der Waals surface area (Å²) in [5, 5.41) is 1.03. The molecule has 4 nitrogen and oxygen atoms in total. The number of rotatable bonds is 4. The van der Waals surface area contributed by atoms with E-state index in [2.05, 4.69) is 0 Å². The molecule has 0 saturated carbocycles. The Balaban J connectivity index is 1.75. The minimum absolute atomic E-state index is 0.405. The molecule has 0 fully saturated rings. The molecule has 0 spiro atoms. The molecule has 1 aliphatic heterocycles. The molecule has 3 rings (SSSR count). The first-order valence-electron chi connectivity index (χ1n) is 7.18. The van der Waals surface area contributed by atoms with E-state index in [0.29, 0.717) is 34.5 Å². The number of carbonyl (C=O) groups excluding carboxylic acids is 2. The Morgan fingerprint density at radius 2 is 1.78 bits per heavy atom. The largest absolute Gasteiger partial charge is 0.316 e. The van der Waals surface area contributed by atoms with Crippen LogP contribution in [0.5, 0.6) is 0 Å². The predicted molar refractivity (Wildman–Crippen MR) is 90.2 cm³/mol. The van der Waals surface area contributed by atoms with E-state index in [-0.39, 0.29) is 0 Å². The van der Waals surface area contributed by atoms with Crippen molar-refractivity contribution < 1.29 is 14.5 Å². The van der Waals surface area contributed by atoms with Crippen LogP contribution in [0.3, 0.4) is 0 Å². The van der Waals surface area contributed by atoms with Gasteiger partial charge in [-0.15, -0.1) is 0 Å². The summed E-state index contributed by atoms with van der Waals surface area (Å²) in [6, 6.07) is 12.5. The molecule has 1 unspecified atom stereocenters. The highest BCUT2D eigenvalue weighted by Crippen LogP contribution is 2.27. The average molecular weight is 350 g/mol. The lowest BCUT2D eigenvalue weighted by Gasteiger charge is -2.21. The van der Waals surface area contributed by atoms with Crippen LogP contribution in [0.1, 0.15) is 15.9 Å². The lowest BCUT2D eigenvalue weighted by atomic mass is 10.1. The van der Waals surface area contributed by atoms with Crippen LogP contribution in [-0.4, -0.2) is 25.4 Å². The maximum atomic E-state index is 12.2. The quantitative estimate of drug-likeness (QED) is 0.859. The molecule has 1 amide bonds. The van der Waals surface area contributed by atoms with Crippen molar-refractivity contribution in [2.24, 2.45) is 0 Å². The van der Waals surface area contributed by atoms with Crippen LogP contribution >= 0.6 is 23.2 Å². The normalized spacial score (nSPS) is 15.0. The van der Waals surface area contributed by atoms with E-state index in [4.69, 9.17) is 23.2 Å². The molecule has 2 aromatic carbocycles. The third-order valence-corrected chi connectivity index (χ3v) is 4.54. The molecule has 2 aromatic rings. The summed E-state index contributed by atoms with van der Waals surface area (Å²) in [6.45, 7) is 1.07. The molecule has 1 N–H and O–H groups in total. The van der Waals surface area contributed by atoms with Crippen molar-refractivity contribution in [3.8, 4) is 0 Å². The molecule has 0 aromatic heterocycles. The number of para-hydroxylation sites is 1. The molecule has 1 atom stereocenters. The van der Waals surface area contributed by atoms with Crippen LogP contribution < -0.4 is 9.80 Å². The van der Waals surface area contributed by atoms with E-state index in [1.54, 1.807) is 24.3 Å². The number of fused-ring (bicyclic) bond motifs is 1. The van der Waals surface area contributed by atoms with Crippen LogP contribution in [0.4, 0.5) is 5.69 Å². The summed E-state index contributed by atoms with van der Waals surface area (Å²) in [4.78, 5) is 26.8. The Kier molecular flexibility index (Phi) is 4.39. The first kappa shape index (κ1) is 16.0. The Morgan fingerprint density at radius 1 is 1.04 bits per heavy atom. The number of hydrogen-bond donors (Lipinski definition) is 1. The van der Waals surface area contributed by atoms with Crippen molar-refractivity contribution in [2.75, 3.05) is 18.6 Å². The van der Waals surface area contributed by atoms with Crippen LogP contribution in [-0.2, 0) is 11.3 Å². The van der Waals surface area contributed by atoms with Gasteiger partial charge in [0.25, 0.3) is 5.78 Å².